The van der Waals surface area contributed by atoms with E-state index < -0.39 is 12.0 Å². The largest absolute Gasteiger partial charge is 0.494 e. The van der Waals surface area contributed by atoms with Gasteiger partial charge in [0, 0.05) is 0 Å². The molecule has 1 unspecified atom stereocenters. The molecule has 88 valence electrons. The van der Waals surface area contributed by atoms with Crippen LogP contribution in [0, 0.1) is 0 Å². The molecule has 0 amide bonds. The van der Waals surface area contributed by atoms with Crippen molar-refractivity contribution >= 4 is 5.97 Å². The van der Waals surface area contributed by atoms with Crippen molar-refractivity contribution in [1.29, 1.82) is 0 Å². The van der Waals surface area contributed by atoms with Gasteiger partial charge in [-0.2, -0.15) is 0 Å². The van der Waals surface area contributed by atoms with Crippen molar-refractivity contribution in [1.82, 2.24) is 0 Å². The topological polar surface area (TPSA) is 72.5 Å². The van der Waals surface area contributed by atoms with Crippen LogP contribution in [0.3, 0.4) is 0 Å². The molecule has 4 nitrogen and oxygen atoms in total. The van der Waals surface area contributed by atoms with E-state index in [-0.39, 0.29) is 0 Å². The number of carboxylic acid groups (broad SMARTS) is 1. The Bertz CT molecular complexity index is 335. The fourth-order valence-electron chi connectivity index (χ4n) is 1.36. The maximum Gasteiger partial charge on any atom is 0.320 e. The fourth-order valence-corrected chi connectivity index (χ4v) is 1.36. The van der Waals surface area contributed by atoms with E-state index in [0.29, 0.717) is 19.4 Å². The lowest BCUT2D eigenvalue weighted by molar-refractivity contribution is -0.138. The Balaban J connectivity index is 2.46. The Hall–Kier alpha value is -1.55. The maximum absolute atomic E-state index is 10.5. The van der Waals surface area contributed by atoms with E-state index in [9.17, 15) is 4.79 Å². The summed E-state index contributed by atoms with van der Waals surface area (Å²) in [5.74, 6) is -0.125. The molecule has 1 aromatic rings. The number of ether oxygens (including phenoxy) is 1. The first-order valence-electron chi connectivity index (χ1n) is 5.33. The lowest BCUT2D eigenvalue weighted by Gasteiger charge is -2.07. The van der Waals surface area contributed by atoms with Crippen LogP contribution in [0.2, 0.25) is 0 Å². The second-order valence-corrected chi connectivity index (χ2v) is 3.56. The first-order chi connectivity index (χ1) is 7.63. The summed E-state index contributed by atoms with van der Waals surface area (Å²) in [5, 5.41) is 8.63. The van der Waals surface area contributed by atoms with Crippen molar-refractivity contribution in [3.05, 3.63) is 29.8 Å². The number of aliphatic carboxylic acids is 1. The number of carbonyl (C=O) groups is 1. The Morgan fingerprint density at radius 1 is 1.44 bits per heavy atom. The Morgan fingerprint density at radius 3 is 2.56 bits per heavy atom. The predicted molar refractivity (Wildman–Crippen MR) is 61.5 cm³/mol. The van der Waals surface area contributed by atoms with Gasteiger partial charge in [-0.25, -0.2) is 0 Å². The summed E-state index contributed by atoms with van der Waals surface area (Å²) in [6.07, 6.45) is 1.11. The van der Waals surface area contributed by atoms with Crippen LogP contribution >= 0.6 is 0 Å². The van der Waals surface area contributed by atoms with Crippen molar-refractivity contribution < 1.29 is 14.6 Å². The van der Waals surface area contributed by atoms with E-state index in [1.807, 2.05) is 31.2 Å². The molecule has 1 atom stereocenters. The molecule has 0 aliphatic rings. The van der Waals surface area contributed by atoms with Gasteiger partial charge < -0.3 is 15.6 Å². The summed E-state index contributed by atoms with van der Waals surface area (Å²) in [6, 6.07) is 6.83. The van der Waals surface area contributed by atoms with E-state index in [4.69, 9.17) is 15.6 Å². The Morgan fingerprint density at radius 2 is 2.06 bits per heavy atom. The molecular weight excluding hydrogens is 206 g/mol. The number of benzene rings is 1. The average Bonchev–Trinajstić information content (AvgIpc) is 2.28. The van der Waals surface area contributed by atoms with Crippen LogP contribution < -0.4 is 10.5 Å². The van der Waals surface area contributed by atoms with Gasteiger partial charge in [-0.05, 0) is 37.5 Å². The van der Waals surface area contributed by atoms with Crippen molar-refractivity contribution in [2.75, 3.05) is 6.61 Å². The van der Waals surface area contributed by atoms with Crippen molar-refractivity contribution in [2.45, 2.75) is 25.8 Å². The minimum absolute atomic E-state index is 0.448. The van der Waals surface area contributed by atoms with Gasteiger partial charge in [0.25, 0.3) is 0 Å². The molecule has 0 saturated heterocycles. The summed E-state index contributed by atoms with van der Waals surface area (Å²) in [7, 11) is 0. The number of aryl methyl sites for hydroxylation is 1. The number of rotatable bonds is 6. The molecule has 3 N–H and O–H groups in total. The molecule has 0 spiro atoms. The van der Waals surface area contributed by atoms with Crippen LogP contribution in [-0.4, -0.2) is 23.7 Å². The van der Waals surface area contributed by atoms with Gasteiger partial charge in [0.15, 0.2) is 0 Å². The molecule has 0 aliphatic heterocycles. The van der Waals surface area contributed by atoms with Gasteiger partial charge >= 0.3 is 5.97 Å². The van der Waals surface area contributed by atoms with Crippen LogP contribution in [0.15, 0.2) is 24.3 Å². The van der Waals surface area contributed by atoms with Crippen LogP contribution in [0.25, 0.3) is 0 Å². The molecule has 0 bridgehead atoms. The molecule has 1 aromatic carbocycles. The Kier molecular flexibility index (Phi) is 4.79. The second-order valence-electron chi connectivity index (χ2n) is 3.56. The summed E-state index contributed by atoms with van der Waals surface area (Å²) in [5.41, 5.74) is 6.49. The highest BCUT2D eigenvalue weighted by atomic mass is 16.5. The van der Waals surface area contributed by atoms with Gasteiger partial charge in [0.1, 0.15) is 11.8 Å². The minimum Gasteiger partial charge on any atom is -0.494 e. The van der Waals surface area contributed by atoms with E-state index in [2.05, 4.69) is 0 Å². The summed E-state index contributed by atoms with van der Waals surface area (Å²) >= 11 is 0. The van der Waals surface area contributed by atoms with E-state index in [1.165, 1.54) is 0 Å². The van der Waals surface area contributed by atoms with Gasteiger partial charge in [0.2, 0.25) is 0 Å². The molecule has 0 radical (unpaired) electrons. The number of nitrogens with two attached hydrogens (primary N) is 1. The zero-order valence-corrected chi connectivity index (χ0v) is 9.35. The number of hydrogen-bond donors (Lipinski definition) is 2. The molecule has 1 rings (SSSR count). The van der Waals surface area contributed by atoms with E-state index in [1.54, 1.807) is 0 Å². The monoisotopic (exact) mass is 223 g/mol. The zero-order valence-electron chi connectivity index (χ0n) is 9.35. The Labute approximate surface area is 95.0 Å². The summed E-state index contributed by atoms with van der Waals surface area (Å²) < 4.78 is 5.31. The third-order valence-electron chi connectivity index (χ3n) is 2.30. The van der Waals surface area contributed by atoms with E-state index in [0.717, 1.165) is 11.3 Å². The molecule has 4 heteroatoms. The summed E-state index contributed by atoms with van der Waals surface area (Å²) in [4.78, 5) is 10.5. The smallest absolute Gasteiger partial charge is 0.320 e. The average molecular weight is 223 g/mol. The second kappa shape index (κ2) is 6.12. The van der Waals surface area contributed by atoms with Gasteiger partial charge in [-0.1, -0.05) is 12.1 Å². The molecule has 0 heterocycles. The van der Waals surface area contributed by atoms with Crippen molar-refractivity contribution in [2.24, 2.45) is 5.73 Å². The molecule has 16 heavy (non-hydrogen) atoms. The van der Waals surface area contributed by atoms with Crippen LogP contribution in [0.5, 0.6) is 5.75 Å². The van der Waals surface area contributed by atoms with Gasteiger partial charge in [-0.3, -0.25) is 4.79 Å². The molecule has 0 fully saturated rings. The highest BCUT2D eigenvalue weighted by Crippen LogP contribution is 2.13. The van der Waals surface area contributed by atoms with Crippen LogP contribution in [0.4, 0.5) is 0 Å². The third kappa shape index (κ3) is 3.90. The van der Waals surface area contributed by atoms with Gasteiger partial charge in [-0.15, -0.1) is 0 Å². The summed E-state index contributed by atoms with van der Waals surface area (Å²) in [6.45, 7) is 2.57. The van der Waals surface area contributed by atoms with Gasteiger partial charge in [0.05, 0.1) is 6.61 Å². The van der Waals surface area contributed by atoms with Crippen LogP contribution in [0.1, 0.15) is 18.9 Å². The SMILES string of the molecule is CCOc1ccc(CCC(N)C(=O)O)cc1. The normalized spacial score (nSPS) is 12.1. The van der Waals surface area contributed by atoms with Crippen LogP contribution in [-0.2, 0) is 11.2 Å². The highest BCUT2D eigenvalue weighted by Gasteiger charge is 2.10. The molecule has 0 saturated carbocycles. The maximum atomic E-state index is 10.5. The lowest BCUT2D eigenvalue weighted by atomic mass is 10.1. The van der Waals surface area contributed by atoms with E-state index >= 15 is 0 Å². The fraction of sp³-hybridized carbons (Fsp3) is 0.417. The number of carboxylic acids is 1. The quantitative estimate of drug-likeness (QED) is 0.765. The predicted octanol–water partition coefficient (Wildman–Crippen LogP) is 1.43. The van der Waals surface area contributed by atoms with Crippen molar-refractivity contribution in [3.8, 4) is 5.75 Å². The minimum atomic E-state index is -0.953. The number of hydrogen-bond acceptors (Lipinski definition) is 3. The zero-order chi connectivity index (χ0) is 12.0. The standard InChI is InChI=1S/C12H17NO3/c1-2-16-10-6-3-9(4-7-10)5-8-11(13)12(14)15/h3-4,6-7,11H,2,5,8,13H2,1H3,(H,14,15). The first kappa shape index (κ1) is 12.5. The highest BCUT2D eigenvalue weighted by molar-refractivity contribution is 5.73. The molecule has 0 aliphatic carbocycles. The first-order valence-corrected chi connectivity index (χ1v) is 5.33. The molecule has 0 aromatic heterocycles. The third-order valence-corrected chi connectivity index (χ3v) is 2.30. The van der Waals surface area contributed by atoms with Crippen molar-refractivity contribution in [3.63, 3.8) is 0 Å². The lowest BCUT2D eigenvalue weighted by Crippen LogP contribution is -2.30. The molecular formula is C12H17NO3.